The number of halogens is 1. The number of thioether (sulfide) groups is 1. The molecule has 78 valence electrons. The first-order chi connectivity index (χ1) is 6.79. The van der Waals surface area contributed by atoms with E-state index in [0.29, 0.717) is 6.04 Å². The molecule has 0 N–H and O–H groups in total. The van der Waals surface area contributed by atoms with Gasteiger partial charge in [-0.15, -0.1) is 0 Å². The summed E-state index contributed by atoms with van der Waals surface area (Å²) in [5.74, 6) is 0. The first kappa shape index (κ1) is 10.6. The van der Waals surface area contributed by atoms with Crippen LogP contribution in [0.5, 0.6) is 0 Å². The first-order valence-corrected chi connectivity index (χ1v) is 7.10. The van der Waals surface area contributed by atoms with Gasteiger partial charge in [-0.3, -0.25) is 4.68 Å². The van der Waals surface area contributed by atoms with Gasteiger partial charge in [-0.25, -0.2) is 0 Å². The van der Waals surface area contributed by atoms with E-state index in [1.165, 1.54) is 25.7 Å². The topological polar surface area (TPSA) is 17.8 Å². The molecular weight excluding hydrogens is 260 g/mol. The summed E-state index contributed by atoms with van der Waals surface area (Å²) in [6, 6.07) is 0.618. The van der Waals surface area contributed by atoms with Crippen LogP contribution in [0.4, 0.5) is 0 Å². The van der Waals surface area contributed by atoms with Gasteiger partial charge < -0.3 is 0 Å². The zero-order valence-corrected chi connectivity index (χ0v) is 10.7. The smallest absolute Gasteiger partial charge is 0.0632 e. The number of rotatable bonds is 2. The van der Waals surface area contributed by atoms with Gasteiger partial charge in [-0.05, 0) is 41.4 Å². The lowest BCUT2D eigenvalue weighted by Gasteiger charge is -2.28. The minimum atomic E-state index is 0.618. The van der Waals surface area contributed by atoms with Crippen molar-refractivity contribution in [2.45, 2.75) is 37.0 Å². The monoisotopic (exact) mass is 274 g/mol. The maximum Gasteiger partial charge on any atom is 0.0632 e. The van der Waals surface area contributed by atoms with E-state index in [9.17, 15) is 0 Å². The molecule has 2 atom stereocenters. The molecule has 14 heavy (non-hydrogen) atoms. The molecule has 0 amide bonds. The van der Waals surface area contributed by atoms with Crippen LogP contribution in [0, 0.1) is 0 Å². The molecule has 1 aromatic heterocycles. The molecule has 0 saturated heterocycles. The number of hydrogen-bond acceptors (Lipinski definition) is 2. The Morgan fingerprint density at radius 2 is 2.43 bits per heavy atom. The van der Waals surface area contributed by atoms with Gasteiger partial charge in [0.05, 0.1) is 16.7 Å². The summed E-state index contributed by atoms with van der Waals surface area (Å²) in [6.07, 6.45) is 11.5. The second kappa shape index (κ2) is 4.71. The van der Waals surface area contributed by atoms with Gasteiger partial charge in [0.2, 0.25) is 0 Å². The van der Waals surface area contributed by atoms with E-state index in [0.717, 1.165) is 9.72 Å². The van der Waals surface area contributed by atoms with Crippen molar-refractivity contribution in [1.29, 1.82) is 0 Å². The highest BCUT2D eigenvalue weighted by atomic mass is 79.9. The third-order valence-corrected chi connectivity index (χ3v) is 4.38. The Morgan fingerprint density at radius 1 is 1.57 bits per heavy atom. The quantitative estimate of drug-likeness (QED) is 0.822. The Balaban J connectivity index is 2.04. The minimum Gasteiger partial charge on any atom is -0.268 e. The standard InChI is InChI=1S/C10H15BrN2S/c1-14-10-4-2-3-9(5-10)13-7-8(11)6-12-13/h6-7,9-10H,2-5H2,1H3/t9-,10-/m0/s1. The van der Waals surface area contributed by atoms with Crippen molar-refractivity contribution in [2.75, 3.05) is 6.26 Å². The van der Waals surface area contributed by atoms with Crippen molar-refractivity contribution in [3.63, 3.8) is 0 Å². The van der Waals surface area contributed by atoms with Crippen LogP contribution < -0.4 is 0 Å². The highest BCUT2D eigenvalue weighted by Gasteiger charge is 2.22. The third kappa shape index (κ3) is 2.34. The Morgan fingerprint density at radius 3 is 3.07 bits per heavy atom. The van der Waals surface area contributed by atoms with Crippen LogP contribution in [0.25, 0.3) is 0 Å². The second-order valence-electron chi connectivity index (χ2n) is 3.82. The summed E-state index contributed by atoms with van der Waals surface area (Å²) < 4.78 is 3.20. The molecule has 0 spiro atoms. The van der Waals surface area contributed by atoms with E-state index in [4.69, 9.17) is 0 Å². The molecule has 4 heteroatoms. The fourth-order valence-electron chi connectivity index (χ4n) is 2.09. The fourth-order valence-corrected chi connectivity index (χ4v) is 3.21. The van der Waals surface area contributed by atoms with E-state index in [-0.39, 0.29) is 0 Å². The van der Waals surface area contributed by atoms with Crippen molar-refractivity contribution >= 4 is 27.7 Å². The largest absolute Gasteiger partial charge is 0.268 e. The van der Waals surface area contributed by atoms with Crippen LogP contribution in [0.15, 0.2) is 16.9 Å². The Labute approximate surface area is 97.6 Å². The average Bonchev–Trinajstić information content (AvgIpc) is 2.65. The van der Waals surface area contributed by atoms with E-state index in [1.807, 2.05) is 18.0 Å². The van der Waals surface area contributed by atoms with E-state index in [2.05, 4.69) is 38.2 Å². The molecule has 1 aliphatic rings. The van der Waals surface area contributed by atoms with E-state index in [1.54, 1.807) is 0 Å². The Kier molecular flexibility index (Phi) is 3.55. The molecular formula is C10H15BrN2S. The van der Waals surface area contributed by atoms with Gasteiger partial charge in [0.25, 0.3) is 0 Å². The van der Waals surface area contributed by atoms with Gasteiger partial charge in [0.15, 0.2) is 0 Å². The van der Waals surface area contributed by atoms with Crippen LogP contribution in [-0.2, 0) is 0 Å². The molecule has 1 aliphatic carbocycles. The highest BCUT2D eigenvalue weighted by molar-refractivity contribution is 9.10. The second-order valence-corrected chi connectivity index (χ2v) is 5.87. The summed E-state index contributed by atoms with van der Waals surface area (Å²) in [5.41, 5.74) is 0. The summed E-state index contributed by atoms with van der Waals surface area (Å²) in [4.78, 5) is 0. The predicted octanol–water partition coefficient (Wildman–Crippen LogP) is 3.49. The SMILES string of the molecule is CS[C@H]1CCC[C@H](n2cc(Br)cn2)C1. The number of hydrogen-bond donors (Lipinski definition) is 0. The molecule has 0 aliphatic heterocycles. The van der Waals surface area contributed by atoms with Gasteiger partial charge >= 0.3 is 0 Å². The number of nitrogens with zero attached hydrogens (tertiary/aromatic N) is 2. The van der Waals surface area contributed by atoms with E-state index < -0.39 is 0 Å². The van der Waals surface area contributed by atoms with Crippen LogP contribution in [0.1, 0.15) is 31.7 Å². The Bertz CT molecular complexity index is 300. The zero-order chi connectivity index (χ0) is 9.97. The Hall–Kier alpha value is 0.0400. The zero-order valence-electron chi connectivity index (χ0n) is 8.32. The third-order valence-electron chi connectivity index (χ3n) is 2.88. The molecule has 1 saturated carbocycles. The van der Waals surface area contributed by atoms with Gasteiger partial charge in [-0.2, -0.15) is 16.9 Å². The molecule has 0 unspecified atom stereocenters. The van der Waals surface area contributed by atoms with Gasteiger partial charge in [0, 0.05) is 11.4 Å². The average molecular weight is 275 g/mol. The van der Waals surface area contributed by atoms with Crippen LogP contribution in [-0.4, -0.2) is 21.3 Å². The molecule has 1 heterocycles. The molecule has 0 bridgehead atoms. The van der Waals surface area contributed by atoms with Crippen molar-refractivity contribution in [3.8, 4) is 0 Å². The van der Waals surface area contributed by atoms with E-state index >= 15 is 0 Å². The summed E-state index contributed by atoms with van der Waals surface area (Å²) in [5, 5.41) is 5.20. The lowest BCUT2D eigenvalue weighted by molar-refractivity contribution is 0.336. The highest BCUT2D eigenvalue weighted by Crippen LogP contribution is 2.33. The lowest BCUT2D eigenvalue weighted by atomic mass is 9.95. The van der Waals surface area contributed by atoms with Gasteiger partial charge in [0.1, 0.15) is 0 Å². The molecule has 1 aromatic rings. The maximum atomic E-state index is 4.37. The first-order valence-electron chi connectivity index (χ1n) is 5.02. The molecule has 2 rings (SSSR count). The molecule has 0 aromatic carbocycles. The molecule has 2 nitrogen and oxygen atoms in total. The maximum absolute atomic E-state index is 4.37. The van der Waals surface area contributed by atoms with Crippen molar-refractivity contribution < 1.29 is 0 Å². The van der Waals surface area contributed by atoms with Crippen LogP contribution >= 0.6 is 27.7 Å². The normalized spacial score (nSPS) is 27.9. The minimum absolute atomic E-state index is 0.618. The predicted molar refractivity (Wildman–Crippen MR) is 64.7 cm³/mol. The van der Waals surface area contributed by atoms with Gasteiger partial charge in [-0.1, -0.05) is 6.42 Å². The van der Waals surface area contributed by atoms with Crippen LogP contribution in [0.2, 0.25) is 0 Å². The summed E-state index contributed by atoms with van der Waals surface area (Å²) in [7, 11) is 0. The molecule has 1 fully saturated rings. The summed E-state index contributed by atoms with van der Waals surface area (Å²) >= 11 is 5.44. The van der Waals surface area contributed by atoms with Crippen molar-refractivity contribution in [1.82, 2.24) is 9.78 Å². The fraction of sp³-hybridized carbons (Fsp3) is 0.700. The molecule has 0 radical (unpaired) electrons. The van der Waals surface area contributed by atoms with Crippen molar-refractivity contribution in [2.24, 2.45) is 0 Å². The van der Waals surface area contributed by atoms with Crippen molar-refractivity contribution in [3.05, 3.63) is 16.9 Å². The summed E-state index contributed by atoms with van der Waals surface area (Å²) in [6.45, 7) is 0. The number of aromatic nitrogens is 2. The van der Waals surface area contributed by atoms with Crippen LogP contribution in [0.3, 0.4) is 0 Å². The lowest BCUT2D eigenvalue weighted by Crippen LogP contribution is -2.20.